The quantitative estimate of drug-likeness (QED) is 0.690. The zero-order chi connectivity index (χ0) is 19.4. The van der Waals surface area contributed by atoms with Crippen molar-refractivity contribution in [1.82, 2.24) is 4.31 Å². The first-order valence-corrected chi connectivity index (χ1v) is 11.0. The van der Waals surface area contributed by atoms with Crippen molar-refractivity contribution in [2.75, 3.05) is 25.0 Å². The summed E-state index contributed by atoms with van der Waals surface area (Å²) >= 11 is 9.48. The maximum atomic E-state index is 12.6. The van der Waals surface area contributed by atoms with Gasteiger partial charge in [0.15, 0.2) is 6.61 Å². The Morgan fingerprint density at radius 3 is 2.44 bits per heavy atom. The van der Waals surface area contributed by atoms with Gasteiger partial charge in [0.1, 0.15) is 5.75 Å². The molecule has 0 bridgehead atoms. The van der Waals surface area contributed by atoms with Gasteiger partial charge in [0.05, 0.1) is 9.92 Å². The lowest BCUT2D eigenvalue weighted by Crippen LogP contribution is -2.27. The van der Waals surface area contributed by atoms with E-state index in [4.69, 9.17) is 16.3 Å². The van der Waals surface area contributed by atoms with Crippen LogP contribution in [0.25, 0.3) is 0 Å². The third-order valence-electron chi connectivity index (χ3n) is 4.09. The average Bonchev–Trinajstić information content (AvgIpc) is 3.18. The number of sulfonamides is 1. The Morgan fingerprint density at radius 2 is 1.81 bits per heavy atom. The number of hydrogen-bond acceptors (Lipinski definition) is 4. The van der Waals surface area contributed by atoms with Crippen LogP contribution in [0.4, 0.5) is 5.69 Å². The van der Waals surface area contributed by atoms with E-state index in [0.717, 1.165) is 17.3 Å². The predicted molar refractivity (Wildman–Crippen MR) is 108 cm³/mol. The molecule has 0 aromatic heterocycles. The van der Waals surface area contributed by atoms with Gasteiger partial charge in [-0.3, -0.25) is 4.79 Å². The van der Waals surface area contributed by atoms with E-state index in [0.29, 0.717) is 18.8 Å². The molecule has 9 heteroatoms. The van der Waals surface area contributed by atoms with E-state index in [1.54, 1.807) is 12.1 Å². The highest BCUT2D eigenvalue weighted by Crippen LogP contribution is 2.30. The van der Waals surface area contributed by atoms with Crippen LogP contribution in [-0.4, -0.2) is 38.3 Å². The molecule has 1 fully saturated rings. The van der Waals surface area contributed by atoms with Crippen LogP contribution < -0.4 is 10.1 Å². The summed E-state index contributed by atoms with van der Waals surface area (Å²) < 4.78 is 32.9. The van der Waals surface area contributed by atoms with Crippen molar-refractivity contribution in [1.29, 1.82) is 0 Å². The van der Waals surface area contributed by atoms with Gasteiger partial charge in [-0.25, -0.2) is 8.42 Å². The van der Waals surface area contributed by atoms with E-state index >= 15 is 0 Å². The minimum atomic E-state index is -3.54. The van der Waals surface area contributed by atoms with Gasteiger partial charge in [0, 0.05) is 23.2 Å². The van der Waals surface area contributed by atoms with Gasteiger partial charge in [0.25, 0.3) is 5.91 Å². The second kappa shape index (κ2) is 8.60. The van der Waals surface area contributed by atoms with E-state index in [1.807, 2.05) is 12.1 Å². The number of rotatable bonds is 6. The van der Waals surface area contributed by atoms with Crippen LogP contribution in [0.15, 0.2) is 51.8 Å². The fraction of sp³-hybridized carbons (Fsp3) is 0.278. The molecule has 0 spiro atoms. The van der Waals surface area contributed by atoms with Crippen molar-refractivity contribution in [3.63, 3.8) is 0 Å². The lowest BCUT2D eigenvalue weighted by Gasteiger charge is -2.16. The normalized spacial score (nSPS) is 14.9. The van der Waals surface area contributed by atoms with Gasteiger partial charge in [0.2, 0.25) is 10.0 Å². The van der Waals surface area contributed by atoms with E-state index in [1.165, 1.54) is 22.5 Å². The summed E-state index contributed by atoms with van der Waals surface area (Å²) in [6.07, 6.45) is 1.73. The molecule has 2 aromatic carbocycles. The molecule has 1 aliphatic heterocycles. The van der Waals surface area contributed by atoms with Crippen molar-refractivity contribution in [2.45, 2.75) is 17.7 Å². The molecule has 2 aromatic rings. The van der Waals surface area contributed by atoms with Crippen molar-refractivity contribution < 1.29 is 17.9 Å². The molecule has 27 heavy (non-hydrogen) atoms. The summed E-state index contributed by atoms with van der Waals surface area (Å²) in [6.45, 7) is 0.802. The van der Waals surface area contributed by atoms with E-state index in [2.05, 4.69) is 21.2 Å². The van der Waals surface area contributed by atoms with Crippen LogP contribution in [0.5, 0.6) is 5.75 Å². The molecule has 0 aliphatic carbocycles. The molecule has 1 aliphatic rings. The van der Waals surface area contributed by atoms with Crippen LogP contribution in [-0.2, 0) is 14.8 Å². The van der Waals surface area contributed by atoms with Crippen molar-refractivity contribution in [3.8, 4) is 5.75 Å². The van der Waals surface area contributed by atoms with Crippen LogP contribution in [0.3, 0.4) is 0 Å². The molecule has 6 nitrogen and oxygen atoms in total. The lowest BCUT2D eigenvalue weighted by molar-refractivity contribution is -0.118. The van der Waals surface area contributed by atoms with Crippen LogP contribution in [0.1, 0.15) is 12.8 Å². The Morgan fingerprint density at radius 1 is 1.15 bits per heavy atom. The number of nitrogens with one attached hydrogen (secondary N) is 1. The minimum absolute atomic E-state index is 0.126. The summed E-state index contributed by atoms with van der Waals surface area (Å²) in [4.78, 5) is 12.1. The molecule has 1 amide bonds. The van der Waals surface area contributed by atoms with Gasteiger partial charge >= 0.3 is 0 Å². The first-order valence-electron chi connectivity index (χ1n) is 8.34. The summed E-state index contributed by atoms with van der Waals surface area (Å²) in [7, 11) is -3.54. The highest BCUT2D eigenvalue weighted by Gasteiger charge is 2.27. The topological polar surface area (TPSA) is 75.7 Å². The molecule has 1 saturated heterocycles. The third-order valence-corrected chi connectivity index (χ3v) is 6.81. The number of amides is 1. The molecule has 1 heterocycles. The number of nitrogens with zero attached hydrogens (tertiary/aromatic N) is 1. The van der Waals surface area contributed by atoms with E-state index in [9.17, 15) is 13.2 Å². The lowest BCUT2D eigenvalue weighted by atomic mass is 10.3. The minimum Gasteiger partial charge on any atom is -0.482 e. The molecule has 0 unspecified atom stereocenters. The summed E-state index contributed by atoms with van der Waals surface area (Å²) in [5.41, 5.74) is 0.643. The number of ether oxygens (including phenoxy) is 1. The number of carbonyl (C=O) groups is 1. The second-order valence-corrected chi connectivity index (χ2v) is 9.31. The molecular weight excluding hydrogens is 456 g/mol. The smallest absolute Gasteiger partial charge is 0.262 e. The molecule has 1 N–H and O–H groups in total. The summed E-state index contributed by atoms with van der Waals surface area (Å²) in [5.74, 6) is -0.0925. The Labute approximate surface area is 171 Å². The van der Waals surface area contributed by atoms with Gasteiger partial charge in [-0.05, 0) is 55.3 Å². The number of benzene rings is 2. The zero-order valence-corrected chi connectivity index (χ0v) is 17.5. The number of hydrogen-bond donors (Lipinski definition) is 1. The molecule has 0 saturated carbocycles. The first kappa shape index (κ1) is 20.1. The standard InChI is InChI=1S/C18H18BrClN2O4S/c19-13-3-5-14(6-4-13)21-18(23)12-26-17-8-7-15(11-16(17)20)27(24,25)22-9-1-2-10-22/h3-8,11H,1-2,9-10,12H2,(H,21,23). The highest BCUT2D eigenvalue weighted by atomic mass is 79.9. The Hall–Kier alpha value is -1.61. The molecule has 0 radical (unpaired) electrons. The van der Waals surface area contributed by atoms with Crippen molar-refractivity contribution >= 4 is 49.1 Å². The number of carbonyl (C=O) groups excluding carboxylic acids is 1. The fourth-order valence-corrected chi connectivity index (χ4v) is 4.82. The molecule has 3 rings (SSSR count). The number of halogens is 2. The molecule has 0 atom stereocenters. The Kier molecular flexibility index (Phi) is 6.41. The SMILES string of the molecule is O=C(COc1ccc(S(=O)(=O)N2CCCC2)cc1Cl)Nc1ccc(Br)cc1. The number of anilines is 1. The van der Waals surface area contributed by atoms with Crippen LogP contribution >= 0.6 is 27.5 Å². The van der Waals surface area contributed by atoms with Crippen LogP contribution in [0.2, 0.25) is 5.02 Å². The Bertz CT molecular complexity index is 929. The largest absolute Gasteiger partial charge is 0.482 e. The monoisotopic (exact) mass is 472 g/mol. The average molecular weight is 474 g/mol. The van der Waals surface area contributed by atoms with Crippen molar-refractivity contribution in [3.05, 3.63) is 52.0 Å². The van der Waals surface area contributed by atoms with E-state index < -0.39 is 10.0 Å². The highest BCUT2D eigenvalue weighted by molar-refractivity contribution is 9.10. The maximum Gasteiger partial charge on any atom is 0.262 e. The van der Waals surface area contributed by atoms with Crippen LogP contribution in [0, 0.1) is 0 Å². The molecule has 144 valence electrons. The first-order chi connectivity index (χ1) is 12.9. The van der Waals surface area contributed by atoms with Gasteiger partial charge in [-0.2, -0.15) is 4.31 Å². The van der Waals surface area contributed by atoms with Gasteiger partial charge in [-0.15, -0.1) is 0 Å². The molecular formula is C18H18BrClN2O4S. The second-order valence-electron chi connectivity index (χ2n) is 6.05. The predicted octanol–water partition coefficient (Wildman–Crippen LogP) is 3.90. The maximum absolute atomic E-state index is 12.6. The van der Waals surface area contributed by atoms with Crippen molar-refractivity contribution in [2.24, 2.45) is 0 Å². The zero-order valence-electron chi connectivity index (χ0n) is 14.3. The van der Waals surface area contributed by atoms with E-state index in [-0.39, 0.29) is 28.2 Å². The third kappa shape index (κ3) is 5.01. The fourth-order valence-electron chi connectivity index (χ4n) is 2.71. The Balaban J connectivity index is 1.62. The summed E-state index contributed by atoms with van der Waals surface area (Å²) in [5, 5.41) is 2.85. The summed E-state index contributed by atoms with van der Waals surface area (Å²) in [6, 6.07) is 11.4. The van der Waals surface area contributed by atoms with Gasteiger partial charge in [-0.1, -0.05) is 27.5 Å². The van der Waals surface area contributed by atoms with Gasteiger partial charge < -0.3 is 10.1 Å².